The highest BCUT2D eigenvalue weighted by atomic mass is 16.3. The summed E-state index contributed by atoms with van der Waals surface area (Å²) in [6.45, 7) is 2.45. The van der Waals surface area contributed by atoms with Crippen LogP contribution in [0.1, 0.15) is 25.3 Å². The van der Waals surface area contributed by atoms with Gasteiger partial charge in [0.2, 0.25) is 0 Å². The Balaban J connectivity index is 1.42. The van der Waals surface area contributed by atoms with Crippen LogP contribution in [0.2, 0.25) is 0 Å². The van der Waals surface area contributed by atoms with E-state index in [0.717, 1.165) is 52.1 Å². The third kappa shape index (κ3) is 3.11. The first-order valence-electron chi connectivity index (χ1n) is 11.3. The second kappa shape index (κ2) is 7.42. The van der Waals surface area contributed by atoms with Crippen LogP contribution < -0.4 is 11.1 Å². The Kier molecular flexibility index (Phi) is 4.48. The van der Waals surface area contributed by atoms with Gasteiger partial charge < -0.3 is 21.1 Å². The van der Waals surface area contributed by atoms with E-state index >= 15 is 0 Å². The third-order valence-electron chi connectivity index (χ3n) is 7.23. The number of pyridine rings is 2. The number of nitrogens with one attached hydrogen (secondary N) is 1. The predicted octanol–water partition coefficient (Wildman–Crippen LogP) is 3.45. The van der Waals surface area contributed by atoms with Crippen molar-refractivity contribution in [3.63, 3.8) is 0 Å². The summed E-state index contributed by atoms with van der Waals surface area (Å²) in [4.78, 5) is 15.9. The second-order valence-corrected chi connectivity index (χ2v) is 9.21. The molecule has 1 unspecified atom stereocenters. The largest absolute Gasteiger partial charge is 0.396 e. The van der Waals surface area contributed by atoms with Crippen LogP contribution in [0.25, 0.3) is 28.0 Å². The number of fused-ring (bicyclic) bond motifs is 2. The lowest BCUT2D eigenvalue weighted by atomic mass is 9.68. The van der Waals surface area contributed by atoms with E-state index in [0.29, 0.717) is 17.7 Å². The molecule has 7 heteroatoms. The minimum atomic E-state index is -0.328. The molecule has 0 amide bonds. The molecule has 4 N–H and O–H groups in total. The molecule has 1 aromatic carbocycles. The van der Waals surface area contributed by atoms with Gasteiger partial charge in [0.05, 0.1) is 22.6 Å². The molecule has 1 saturated carbocycles. The van der Waals surface area contributed by atoms with Gasteiger partial charge in [0.15, 0.2) is 0 Å². The Bertz CT molecular complexity index is 1330. The summed E-state index contributed by atoms with van der Waals surface area (Å²) in [5.41, 5.74) is 11.5. The van der Waals surface area contributed by atoms with Crippen LogP contribution in [-0.4, -0.2) is 38.1 Å². The zero-order valence-corrected chi connectivity index (χ0v) is 18.4. The summed E-state index contributed by atoms with van der Waals surface area (Å²) in [5, 5.41) is 14.4. The van der Waals surface area contributed by atoms with Crippen molar-refractivity contribution in [2.24, 2.45) is 22.6 Å². The van der Waals surface area contributed by atoms with Crippen LogP contribution in [-0.2, 0) is 0 Å². The van der Waals surface area contributed by atoms with E-state index in [-0.39, 0.29) is 12.3 Å². The third-order valence-corrected chi connectivity index (χ3v) is 7.23. The van der Waals surface area contributed by atoms with Crippen molar-refractivity contribution < 1.29 is 5.11 Å². The Morgan fingerprint density at radius 3 is 2.79 bits per heavy atom. The molecule has 7 nitrogen and oxygen atoms in total. The normalized spacial score (nSPS) is 26.1. The van der Waals surface area contributed by atoms with Gasteiger partial charge in [-0.1, -0.05) is 24.3 Å². The highest BCUT2D eigenvalue weighted by Crippen LogP contribution is 2.48. The van der Waals surface area contributed by atoms with Gasteiger partial charge in [0, 0.05) is 42.1 Å². The van der Waals surface area contributed by atoms with E-state index in [1.807, 2.05) is 30.5 Å². The summed E-state index contributed by atoms with van der Waals surface area (Å²) >= 11 is 0. The maximum absolute atomic E-state index is 9.53. The maximum atomic E-state index is 9.53. The number of hydrogen-bond donors (Lipinski definition) is 3. The molecular weight excluding hydrogens is 412 g/mol. The molecule has 0 spiro atoms. The van der Waals surface area contributed by atoms with Gasteiger partial charge in [-0.3, -0.25) is 4.98 Å². The topological polar surface area (TPSA) is 99.7 Å². The first-order chi connectivity index (χ1) is 16.1. The van der Waals surface area contributed by atoms with Crippen molar-refractivity contribution in [3.05, 3.63) is 78.4 Å². The fraction of sp³-hybridized carbons (Fsp3) is 0.269. The van der Waals surface area contributed by atoms with Gasteiger partial charge in [0.25, 0.3) is 0 Å². The number of aliphatic imine (C=N–C) groups is 1. The van der Waals surface area contributed by atoms with Crippen LogP contribution in [0.15, 0.2) is 77.8 Å². The van der Waals surface area contributed by atoms with Gasteiger partial charge >= 0.3 is 0 Å². The molecule has 166 valence electrons. The molecule has 1 aliphatic carbocycles. The number of aliphatic hydroxyl groups is 1. The monoisotopic (exact) mass is 438 g/mol. The van der Waals surface area contributed by atoms with E-state index in [1.165, 1.54) is 0 Å². The number of benzene rings is 1. The minimum Gasteiger partial charge on any atom is -0.396 e. The summed E-state index contributed by atoms with van der Waals surface area (Å²) in [6, 6.07) is 16.2. The number of amidine groups is 1. The van der Waals surface area contributed by atoms with E-state index in [2.05, 4.69) is 51.4 Å². The van der Waals surface area contributed by atoms with Crippen molar-refractivity contribution in [1.82, 2.24) is 20.2 Å². The first kappa shape index (κ1) is 19.9. The SMILES string of the molecule is CC1([C@H]2C[C@@H](CO)C2)NC(c2ccc3ccc(-c4ccccn4)nc3c2)=C2C(N)=NC=CN21. The molecule has 6 rings (SSSR count). The van der Waals surface area contributed by atoms with Crippen LogP contribution in [0, 0.1) is 11.8 Å². The number of aromatic nitrogens is 2. The molecule has 3 aromatic rings. The molecular formula is C26H26N6O. The molecule has 2 aliphatic heterocycles. The zero-order chi connectivity index (χ0) is 22.6. The van der Waals surface area contributed by atoms with Crippen LogP contribution in [0.3, 0.4) is 0 Å². The quantitative estimate of drug-likeness (QED) is 0.577. The molecule has 0 saturated heterocycles. The molecule has 4 heterocycles. The highest BCUT2D eigenvalue weighted by Gasteiger charge is 2.51. The van der Waals surface area contributed by atoms with Gasteiger partial charge in [-0.25, -0.2) is 9.98 Å². The van der Waals surface area contributed by atoms with Crippen LogP contribution in [0.5, 0.6) is 0 Å². The molecule has 0 radical (unpaired) electrons. The van der Waals surface area contributed by atoms with Crippen molar-refractivity contribution in [3.8, 4) is 11.4 Å². The van der Waals surface area contributed by atoms with Gasteiger partial charge in [-0.15, -0.1) is 0 Å². The van der Waals surface area contributed by atoms with Gasteiger partial charge in [-0.05, 0) is 49.9 Å². The molecule has 0 bridgehead atoms. The minimum absolute atomic E-state index is 0.244. The predicted molar refractivity (Wildman–Crippen MR) is 129 cm³/mol. The molecule has 3 aliphatic rings. The number of hydrogen-bond acceptors (Lipinski definition) is 7. The Labute approximate surface area is 192 Å². The van der Waals surface area contributed by atoms with Gasteiger partial charge in [0.1, 0.15) is 17.2 Å². The standard InChI is InChI=1S/C26H26N6O/c1-26(19-12-16(13-19)15-33)31-23(24-25(27)29-10-11-32(24)26)18-6-5-17-7-8-21(30-22(17)14-18)20-4-2-3-9-28-20/h2-11,14,16,19,31,33H,12-13,15H2,1H3,(H2,27,29)/t16-,19+,26?. The lowest BCUT2D eigenvalue weighted by Crippen LogP contribution is -2.58. The first-order valence-corrected chi connectivity index (χ1v) is 11.3. The fourth-order valence-electron chi connectivity index (χ4n) is 5.23. The van der Waals surface area contributed by atoms with E-state index in [4.69, 9.17) is 10.7 Å². The van der Waals surface area contributed by atoms with Crippen molar-refractivity contribution in [1.29, 1.82) is 0 Å². The summed E-state index contributed by atoms with van der Waals surface area (Å²) < 4.78 is 0. The Morgan fingerprint density at radius 1 is 1.15 bits per heavy atom. The maximum Gasteiger partial charge on any atom is 0.149 e. The average molecular weight is 439 g/mol. The highest BCUT2D eigenvalue weighted by molar-refractivity contribution is 6.05. The lowest BCUT2D eigenvalue weighted by molar-refractivity contribution is 0.00508. The number of nitrogens with zero attached hydrogens (tertiary/aromatic N) is 4. The van der Waals surface area contributed by atoms with E-state index in [9.17, 15) is 5.11 Å². The van der Waals surface area contributed by atoms with Crippen LogP contribution >= 0.6 is 0 Å². The van der Waals surface area contributed by atoms with Crippen molar-refractivity contribution >= 4 is 22.4 Å². The zero-order valence-electron chi connectivity index (χ0n) is 18.4. The van der Waals surface area contributed by atoms with Crippen molar-refractivity contribution in [2.45, 2.75) is 25.4 Å². The summed E-state index contributed by atoms with van der Waals surface area (Å²) in [6.07, 6.45) is 7.49. The average Bonchev–Trinajstić information content (AvgIpc) is 3.13. The summed E-state index contributed by atoms with van der Waals surface area (Å²) in [7, 11) is 0. The van der Waals surface area contributed by atoms with Crippen molar-refractivity contribution in [2.75, 3.05) is 6.61 Å². The molecule has 1 fully saturated rings. The Hall–Kier alpha value is -3.71. The lowest BCUT2D eigenvalue weighted by Gasteiger charge is -2.49. The van der Waals surface area contributed by atoms with E-state index in [1.54, 1.807) is 12.4 Å². The van der Waals surface area contributed by atoms with E-state index < -0.39 is 0 Å². The smallest absolute Gasteiger partial charge is 0.149 e. The van der Waals surface area contributed by atoms with Crippen LogP contribution in [0.4, 0.5) is 0 Å². The molecule has 1 atom stereocenters. The molecule has 2 aromatic heterocycles. The fourth-order valence-corrected chi connectivity index (χ4v) is 5.23. The molecule has 33 heavy (non-hydrogen) atoms. The number of nitrogens with two attached hydrogens (primary N) is 1. The number of rotatable bonds is 4. The van der Waals surface area contributed by atoms with Gasteiger partial charge in [-0.2, -0.15) is 0 Å². The number of aliphatic hydroxyl groups excluding tert-OH is 1. The summed E-state index contributed by atoms with van der Waals surface area (Å²) in [5.74, 6) is 1.26. The second-order valence-electron chi connectivity index (χ2n) is 9.21. The Morgan fingerprint density at radius 2 is 2.00 bits per heavy atom.